The second-order valence-corrected chi connectivity index (χ2v) is 4.97. The van der Waals surface area contributed by atoms with Gasteiger partial charge in [0.1, 0.15) is 5.75 Å². The average Bonchev–Trinajstić information content (AvgIpc) is 2.39. The van der Waals surface area contributed by atoms with Crippen molar-refractivity contribution in [3.63, 3.8) is 0 Å². The fourth-order valence-electron chi connectivity index (χ4n) is 1.85. The Morgan fingerprint density at radius 2 is 1.85 bits per heavy atom. The molecule has 20 heavy (non-hydrogen) atoms. The Balaban J connectivity index is 2.39. The molecular formula is C16H25NO3. The van der Waals surface area contributed by atoms with Gasteiger partial charge in [0, 0.05) is 12.6 Å². The van der Waals surface area contributed by atoms with E-state index in [1.807, 2.05) is 45.0 Å². The molecule has 1 rings (SSSR count). The average molecular weight is 279 g/mol. The fourth-order valence-corrected chi connectivity index (χ4v) is 1.85. The predicted octanol–water partition coefficient (Wildman–Crippen LogP) is 3.08. The number of hydrogen-bond acceptors (Lipinski definition) is 4. The summed E-state index contributed by atoms with van der Waals surface area (Å²) < 4.78 is 10.5. The zero-order valence-electron chi connectivity index (χ0n) is 12.8. The maximum absolute atomic E-state index is 11.2. The zero-order chi connectivity index (χ0) is 15.0. The Morgan fingerprint density at radius 3 is 2.40 bits per heavy atom. The van der Waals surface area contributed by atoms with Gasteiger partial charge in [-0.1, -0.05) is 12.1 Å². The first kappa shape index (κ1) is 16.5. The minimum absolute atomic E-state index is 0.159. The van der Waals surface area contributed by atoms with Gasteiger partial charge in [0.2, 0.25) is 0 Å². The van der Waals surface area contributed by atoms with Crippen molar-refractivity contribution in [2.45, 2.75) is 46.3 Å². The second-order valence-electron chi connectivity index (χ2n) is 4.97. The first-order valence-electron chi connectivity index (χ1n) is 7.18. The molecule has 0 heterocycles. The number of nitrogens with one attached hydrogen (secondary N) is 1. The van der Waals surface area contributed by atoms with E-state index in [9.17, 15) is 4.79 Å². The lowest BCUT2D eigenvalue weighted by Gasteiger charge is -2.15. The topological polar surface area (TPSA) is 47.6 Å². The van der Waals surface area contributed by atoms with E-state index >= 15 is 0 Å². The first-order chi connectivity index (χ1) is 9.52. The van der Waals surface area contributed by atoms with E-state index < -0.39 is 0 Å². The van der Waals surface area contributed by atoms with Crippen molar-refractivity contribution < 1.29 is 14.3 Å². The molecule has 1 N–H and O–H groups in total. The molecule has 0 amide bonds. The van der Waals surface area contributed by atoms with Crippen molar-refractivity contribution in [3.8, 4) is 5.75 Å². The van der Waals surface area contributed by atoms with Crippen LogP contribution in [-0.2, 0) is 9.53 Å². The number of ether oxygens (including phenoxy) is 2. The van der Waals surface area contributed by atoms with E-state index in [-0.39, 0.29) is 18.1 Å². The molecule has 4 nitrogen and oxygen atoms in total. The van der Waals surface area contributed by atoms with Gasteiger partial charge in [-0.15, -0.1) is 0 Å². The van der Waals surface area contributed by atoms with Crippen LogP contribution in [0, 0.1) is 0 Å². The Bertz CT molecular complexity index is 401. The lowest BCUT2D eigenvalue weighted by molar-refractivity contribution is -0.143. The van der Waals surface area contributed by atoms with Crippen molar-refractivity contribution in [2.75, 3.05) is 13.2 Å². The Morgan fingerprint density at radius 1 is 1.20 bits per heavy atom. The van der Waals surface area contributed by atoms with Gasteiger partial charge in [-0.3, -0.25) is 4.79 Å². The molecule has 1 atom stereocenters. The molecule has 0 bridgehead atoms. The normalized spacial score (nSPS) is 12.2. The lowest BCUT2D eigenvalue weighted by atomic mass is 10.1. The smallest absolute Gasteiger partial charge is 0.307 e. The van der Waals surface area contributed by atoms with Gasteiger partial charge in [-0.25, -0.2) is 0 Å². The highest BCUT2D eigenvalue weighted by molar-refractivity contribution is 5.69. The van der Waals surface area contributed by atoms with Gasteiger partial charge in [0.25, 0.3) is 0 Å². The molecule has 0 radical (unpaired) electrons. The zero-order valence-corrected chi connectivity index (χ0v) is 12.8. The minimum Gasteiger partial charge on any atom is -0.491 e. The summed E-state index contributed by atoms with van der Waals surface area (Å²) in [5.74, 6) is 0.718. The minimum atomic E-state index is -0.159. The summed E-state index contributed by atoms with van der Waals surface area (Å²) >= 11 is 0. The van der Waals surface area contributed by atoms with E-state index in [1.54, 1.807) is 0 Å². The molecular weight excluding hydrogens is 254 g/mol. The number of carbonyl (C=O) groups excluding carboxylic acids is 1. The Kier molecular flexibility index (Phi) is 7.09. The molecule has 0 aromatic heterocycles. The number of esters is 1. The van der Waals surface area contributed by atoms with Crippen molar-refractivity contribution in [3.05, 3.63) is 29.8 Å². The molecule has 112 valence electrons. The molecule has 0 aliphatic rings. The highest BCUT2D eigenvalue weighted by atomic mass is 16.5. The summed E-state index contributed by atoms with van der Waals surface area (Å²) in [6.45, 7) is 8.95. The van der Waals surface area contributed by atoms with Gasteiger partial charge in [0.05, 0.1) is 19.1 Å². The third-order valence-corrected chi connectivity index (χ3v) is 2.84. The summed E-state index contributed by atoms with van der Waals surface area (Å²) in [6, 6.07) is 8.22. The summed E-state index contributed by atoms with van der Waals surface area (Å²) in [5, 5.41) is 3.31. The van der Waals surface area contributed by atoms with Crippen LogP contribution in [-0.4, -0.2) is 25.2 Å². The van der Waals surface area contributed by atoms with Crippen LogP contribution in [0.15, 0.2) is 24.3 Å². The molecule has 1 aromatic rings. The van der Waals surface area contributed by atoms with Crippen LogP contribution in [0.2, 0.25) is 0 Å². The monoisotopic (exact) mass is 279 g/mol. The van der Waals surface area contributed by atoms with Crippen molar-refractivity contribution >= 4 is 5.97 Å². The van der Waals surface area contributed by atoms with Crippen molar-refractivity contribution in [1.82, 2.24) is 5.32 Å². The molecule has 0 spiro atoms. The highest BCUT2D eigenvalue weighted by Gasteiger charge is 2.07. The Labute approximate surface area is 121 Å². The van der Waals surface area contributed by atoms with Crippen LogP contribution in [0.5, 0.6) is 5.75 Å². The maximum Gasteiger partial charge on any atom is 0.307 e. The number of rotatable bonds is 8. The molecule has 4 heteroatoms. The van der Waals surface area contributed by atoms with Gasteiger partial charge in [-0.2, -0.15) is 0 Å². The molecule has 1 aromatic carbocycles. The third-order valence-electron chi connectivity index (χ3n) is 2.84. The van der Waals surface area contributed by atoms with Crippen LogP contribution < -0.4 is 10.1 Å². The van der Waals surface area contributed by atoms with E-state index in [0.717, 1.165) is 5.75 Å². The van der Waals surface area contributed by atoms with E-state index in [0.29, 0.717) is 19.6 Å². The summed E-state index contributed by atoms with van der Waals surface area (Å²) in [5.41, 5.74) is 1.17. The van der Waals surface area contributed by atoms with Crippen LogP contribution in [0.1, 0.15) is 45.7 Å². The van der Waals surface area contributed by atoms with Crippen molar-refractivity contribution in [1.29, 1.82) is 0 Å². The van der Waals surface area contributed by atoms with E-state index in [4.69, 9.17) is 9.47 Å². The fraction of sp³-hybridized carbons (Fsp3) is 0.562. The summed E-state index contributed by atoms with van der Waals surface area (Å²) in [4.78, 5) is 11.2. The Hall–Kier alpha value is -1.55. The van der Waals surface area contributed by atoms with Crippen molar-refractivity contribution in [2.24, 2.45) is 0 Å². The molecule has 0 fully saturated rings. The SMILES string of the molecule is CCOC(=O)CCNC(C)c1ccc(OC(C)C)cc1. The standard InChI is InChI=1S/C16H25NO3/c1-5-19-16(18)10-11-17-13(4)14-6-8-15(9-7-14)20-12(2)3/h6-9,12-13,17H,5,10-11H2,1-4H3. The molecule has 0 saturated carbocycles. The lowest BCUT2D eigenvalue weighted by Crippen LogP contribution is -2.22. The van der Waals surface area contributed by atoms with Crippen LogP contribution in [0.3, 0.4) is 0 Å². The quantitative estimate of drug-likeness (QED) is 0.743. The number of carbonyl (C=O) groups is 1. The molecule has 0 aliphatic heterocycles. The highest BCUT2D eigenvalue weighted by Crippen LogP contribution is 2.18. The number of hydrogen-bond donors (Lipinski definition) is 1. The van der Waals surface area contributed by atoms with E-state index in [1.165, 1.54) is 5.56 Å². The predicted molar refractivity (Wildman–Crippen MR) is 79.9 cm³/mol. The van der Waals surface area contributed by atoms with Crippen LogP contribution >= 0.6 is 0 Å². The van der Waals surface area contributed by atoms with Crippen LogP contribution in [0.25, 0.3) is 0 Å². The third kappa shape index (κ3) is 6.06. The van der Waals surface area contributed by atoms with E-state index in [2.05, 4.69) is 12.2 Å². The molecule has 0 aliphatic carbocycles. The summed E-state index contributed by atoms with van der Waals surface area (Å²) in [6.07, 6.45) is 0.577. The summed E-state index contributed by atoms with van der Waals surface area (Å²) in [7, 11) is 0. The number of benzene rings is 1. The second kappa shape index (κ2) is 8.59. The maximum atomic E-state index is 11.2. The van der Waals surface area contributed by atoms with Gasteiger partial charge >= 0.3 is 5.97 Å². The first-order valence-corrected chi connectivity index (χ1v) is 7.18. The van der Waals surface area contributed by atoms with Gasteiger partial charge in [0.15, 0.2) is 0 Å². The van der Waals surface area contributed by atoms with Crippen LogP contribution in [0.4, 0.5) is 0 Å². The molecule has 1 unspecified atom stereocenters. The van der Waals surface area contributed by atoms with Gasteiger partial charge < -0.3 is 14.8 Å². The van der Waals surface area contributed by atoms with Gasteiger partial charge in [-0.05, 0) is 45.4 Å². The molecule has 0 saturated heterocycles. The largest absolute Gasteiger partial charge is 0.491 e.